The van der Waals surface area contributed by atoms with Gasteiger partial charge in [-0.05, 0) is 54.4 Å². The molecule has 0 spiro atoms. The molecule has 6 nitrogen and oxygen atoms in total. The molecule has 0 bridgehead atoms. The molecule has 4 aromatic rings. The molecule has 0 atom stereocenters. The van der Waals surface area contributed by atoms with Crippen LogP contribution in [0.15, 0.2) is 75.0 Å². The summed E-state index contributed by atoms with van der Waals surface area (Å²) in [6.45, 7) is 2.24. The van der Waals surface area contributed by atoms with Gasteiger partial charge in [0, 0.05) is 16.5 Å². The number of hydrogen-bond donors (Lipinski definition) is 0. The van der Waals surface area contributed by atoms with Gasteiger partial charge in [0.25, 0.3) is 5.56 Å². The van der Waals surface area contributed by atoms with Crippen LogP contribution in [0.2, 0.25) is 0 Å². The Hall–Kier alpha value is -3.52. The number of hydrogen-bond acceptors (Lipinski definition) is 5. The molecule has 0 aliphatic heterocycles. The van der Waals surface area contributed by atoms with Crippen LogP contribution < -0.4 is 15.0 Å². The highest BCUT2D eigenvalue weighted by atomic mass is 79.9. The predicted molar refractivity (Wildman–Crippen MR) is 134 cm³/mol. The summed E-state index contributed by atoms with van der Waals surface area (Å²) in [5.74, 6) is 1.26. The molecule has 1 aromatic heterocycles. The zero-order chi connectivity index (χ0) is 24.1. The largest absolute Gasteiger partial charge is 0.493 e. The highest BCUT2D eigenvalue weighted by Gasteiger charge is 2.13. The third-order valence-corrected chi connectivity index (χ3v) is 5.68. The number of aromatic nitrogens is 2. The lowest BCUT2D eigenvalue weighted by Gasteiger charge is -2.14. The SMILES string of the molecule is CCCc1nc2ccc(Br)cc2c(=O)n1N=Cc1cccc(OC)c1OCc1ccc(F)cc1. The average Bonchev–Trinajstić information content (AvgIpc) is 2.84. The molecule has 0 amide bonds. The van der Waals surface area contributed by atoms with Crippen LogP contribution in [0.4, 0.5) is 4.39 Å². The summed E-state index contributed by atoms with van der Waals surface area (Å²) in [4.78, 5) is 17.9. The Balaban J connectivity index is 1.73. The summed E-state index contributed by atoms with van der Waals surface area (Å²) in [5.41, 5.74) is 1.82. The van der Waals surface area contributed by atoms with Gasteiger partial charge in [0.1, 0.15) is 18.2 Å². The summed E-state index contributed by atoms with van der Waals surface area (Å²) in [6, 6.07) is 16.9. The molecule has 0 aliphatic carbocycles. The van der Waals surface area contributed by atoms with Crippen LogP contribution in [-0.4, -0.2) is 23.0 Å². The van der Waals surface area contributed by atoms with Crippen molar-refractivity contribution in [2.24, 2.45) is 5.10 Å². The zero-order valence-corrected chi connectivity index (χ0v) is 20.4. The number of fused-ring (bicyclic) bond motifs is 1. The van der Waals surface area contributed by atoms with E-state index in [0.717, 1.165) is 16.5 Å². The minimum Gasteiger partial charge on any atom is -0.493 e. The molecule has 3 aromatic carbocycles. The fourth-order valence-corrected chi connectivity index (χ4v) is 3.87. The van der Waals surface area contributed by atoms with Crippen LogP contribution in [0.1, 0.15) is 30.3 Å². The molecule has 1 heterocycles. The van der Waals surface area contributed by atoms with Crippen LogP contribution in [0.3, 0.4) is 0 Å². The Labute approximate surface area is 204 Å². The molecule has 0 radical (unpaired) electrons. The van der Waals surface area contributed by atoms with E-state index in [1.807, 2.05) is 31.2 Å². The number of aryl methyl sites for hydroxylation is 1. The van der Waals surface area contributed by atoms with E-state index in [1.165, 1.54) is 16.8 Å². The Kier molecular flexibility index (Phi) is 7.37. The van der Waals surface area contributed by atoms with Gasteiger partial charge in [-0.1, -0.05) is 41.1 Å². The lowest BCUT2D eigenvalue weighted by atomic mass is 10.2. The fourth-order valence-electron chi connectivity index (χ4n) is 3.50. The summed E-state index contributed by atoms with van der Waals surface area (Å²) >= 11 is 3.42. The minimum absolute atomic E-state index is 0.216. The Morgan fingerprint density at radius 1 is 1.15 bits per heavy atom. The molecule has 4 rings (SSSR count). The number of benzene rings is 3. The third-order valence-electron chi connectivity index (χ3n) is 5.19. The summed E-state index contributed by atoms with van der Waals surface area (Å²) < 4.78 is 26.8. The van der Waals surface area contributed by atoms with Crippen molar-refractivity contribution in [3.05, 3.63) is 98.3 Å². The first-order chi connectivity index (χ1) is 16.5. The summed E-state index contributed by atoms with van der Waals surface area (Å²) in [6.07, 6.45) is 2.98. The number of rotatable bonds is 8. The first kappa shape index (κ1) is 23.6. The van der Waals surface area contributed by atoms with E-state index in [0.29, 0.717) is 40.2 Å². The molecular formula is C26H23BrFN3O3. The maximum atomic E-state index is 13.2. The van der Waals surface area contributed by atoms with E-state index in [1.54, 1.807) is 37.6 Å². The maximum absolute atomic E-state index is 13.2. The predicted octanol–water partition coefficient (Wildman–Crippen LogP) is 5.72. The third kappa shape index (κ3) is 5.17. The number of nitrogens with zero attached hydrogens (tertiary/aromatic N) is 3. The molecule has 0 saturated carbocycles. The molecule has 0 aliphatic rings. The van der Waals surface area contributed by atoms with Gasteiger partial charge >= 0.3 is 0 Å². The van der Waals surface area contributed by atoms with Crippen molar-refractivity contribution in [1.82, 2.24) is 9.66 Å². The van der Waals surface area contributed by atoms with Crippen molar-refractivity contribution in [1.29, 1.82) is 0 Å². The van der Waals surface area contributed by atoms with E-state index in [2.05, 4.69) is 26.0 Å². The van der Waals surface area contributed by atoms with Crippen LogP contribution in [-0.2, 0) is 13.0 Å². The van der Waals surface area contributed by atoms with E-state index in [9.17, 15) is 9.18 Å². The van der Waals surface area contributed by atoms with Crippen molar-refractivity contribution in [3.63, 3.8) is 0 Å². The number of para-hydroxylation sites is 1. The van der Waals surface area contributed by atoms with E-state index in [4.69, 9.17) is 9.47 Å². The Bertz CT molecular complexity index is 1400. The van der Waals surface area contributed by atoms with Gasteiger partial charge in [0.15, 0.2) is 11.5 Å². The van der Waals surface area contributed by atoms with Gasteiger partial charge in [-0.25, -0.2) is 9.37 Å². The monoisotopic (exact) mass is 523 g/mol. The summed E-state index contributed by atoms with van der Waals surface area (Å²) in [7, 11) is 1.55. The fraction of sp³-hybridized carbons (Fsp3) is 0.192. The normalized spacial score (nSPS) is 11.3. The molecule has 8 heteroatoms. The zero-order valence-electron chi connectivity index (χ0n) is 18.8. The first-order valence-corrected chi connectivity index (χ1v) is 11.6. The van der Waals surface area contributed by atoms with E-state index < -0.39 is 0 Å². The standard InChI is InChI=1S/C26H23BrFN3O3/c1-3-5-24-30-22-13-10-19(27)14-21(22)26(32)31(24)29-15-18-6-4-7-23(33-2)25(18)34-16-17-8-11-20(28)12-9-17/h4,6-15H,3,5,16H2,1-2H3. The second kappa shape index (κ2) is 10.6. The molecule has 34 heavy (non-hydrogen) atoms. The number of halogens is 2. The second-order valence-electron chi connectivity index (χ2n) is 7.59. The highest BCUT2D eigenvalue weighted by molar-refractivity contribution is 9.10. The van der Waals surface area contributed by atoms with Crippen molar-refractivity contribution >= 4 is 33.0 Å². The van der Waals surface area contributed by atoms with Crippen molar-refractivity contribution in [3.8, 4) is 11.5 Å². The lowest BCUT2D eigenvalue weighted by Crippen LogP contribution is -2.22. The van der Waals surface area contributed by atoms with Gasteiger partial charge < -0.3 is 9.47 Å². The lowest BCUT2D eigenvalue weighted by molar-refractivity contribution is 0.284. The number of methoxy groups -OCH3 is 1. The van der Waals surface area contributed by atoms with Gasteiger partial charge in [-0.3, -0.25) is 4.79 Å². The van der Waals surface area contributed by atoms with Crippen LogP contribution in [0.5, 0.6) is 11.5 Å². The first-order valence-electron chi connectivity index (χ1n) is 10.8. The van der Waals surface area contributed by atoms with Gasteiger partial charge in [0.05, 0.1) is 24.2 Å². The maximum Gasteiger partial charge on any atom is 0.282 e. The number of ether oxygens (including phenoxy) is 2. The molecule has 0 saturated heterocycles. The smallest absolute Gasteiger partial charge is 0.282 e. The Morgan fingerprint density at radius 3 is 2.68 bits per heavy atom. The van der Waals surface area contributed by atoms with Crippen molar-refractivity contribution < 1.29 is 13.9 Å². The van der Waals surface area contributed by atoms with E-state index >= 15 is 0 Å². The topological polar surface area (TPSA) is 65.7 Å². The minimum atomic E-state index is -0.307. The quantitative estimate of drug-likeness (QED) is 0.277. The van der Waals surface area contributed by atoms with Gasteiger partial charge in [-0.2, -0.15) is 9.78 Å². The molecule has 174 valence electrons. The van der Waals surface area contributed by atoms with Crippen LogP contribution in [0, 0.1) is 5.82 Å². The average molecular weight is 524 g/mol. The van der Waals surface area contributed by atoms with Crippen molar-refractivity contribution in [2.45, 2.75) is 26.4 Å². The highest BCUT2D eigenvalue weighted by Crippen LogP contribution is 2.31. The van der Waals surface area contributed by atoms with Crippen LogP contribution in [0.25, 0.3) is 10.9 Å². The molecule has 0 N–H and O–H groups in total. The Morgan fingerprint density at radius 2 is 1.94 bits per heavy atom. The van der Waals surface area contributed by atoms with Crippen LogP contribution >= 0.6 is 15.9 Å². The second-order valence-corrected chi connectivity index (χ2v) is 8.51. The molecule has 0 unspecified atom stereocenters. The van der Waals surface area contributed by atoms with Crippen molar-refractivity contribution in [2.75, 3.05) is 7.11 Å². The molecule has 0 fully saturated rings. The van der Waals surface area contributed by atoms with E-state index in [-0.39, 0.29) is 18.0 Å². The molecular weight excluding hydrogens is 501 g/mol. The van der Waals surface area contributed by atoms with Gasteiger partial charge in [-0.15, -0.1) is 0 Å². The summed E-state index contributed by atoms with van der Waals surface area (Å²) in [5, 5.41) is 4.97. The van der Waals surface area contributed by atoms with Gasteiger partial charge in [0.2, 0.25) is 0 Å².